The molecule has 1 atom stereocenters. The van der Waals surface area contributed by atoms with E-state index in [1.807, 2.05) is 84.9 Å². The summed E-state index contributed by atoms with van der Waals surface area (Å²) in [6.07, 6.45) is 0. The fraction of sp³-hybridized carbons (Fsp3) is 0.0714. The highest BCUT2D eigenvalue weighted by atomic mass is 32.2. The van der Waals surface area contributed by atoms with E-state index in [0.29, 0.717) is 17.0 Å². The molecular weight excluding hydrogens is 444 g/mol. The van der Waals surface area contributed by atoms with Crippen molar-refractivity contribution in [1.82, 2.24) is 0 Å². The number of ether oxygens (including phenoxy) is 1. The molecule has 0 saturated heterocycles. The molecule has 0 saturated carbocycles. The molecule has 170 valence electrons. The molecule has 0 fully saturated rings. The number of benzene rings is 4. The lowest BCUT2D eigenvalue weighted by atomic mass is 10.1. The first-order valence-electron chi connectivity index (χ1n) is 10.8. The molecule has 0 spiro atoms. The third kappa shape index (κ3) is 6.05. The van der Waals surface area contributed by atoms with Crippen molar-refractivity contribution in [3.05, 3.63) is 120 Å². The first-order valence-corrected chi connectivity index (χ1v) is 11.6. The second kappa shape index (κ2) is 11.2. The zero-order valence-corrected chi connectivity index (χ0v) is 19.4. The summed E-state index contributed by atoms with van der Waals surface area (Å²) in [7, 11) is 1.59. The van der Waals surface area contributed by atoms with Crippen LogP contribution in [-0.2, 0) is 4.79 Å². The van der Waals surface area contributed by atoms with Gasteiger partial charge in [-0.05, 0) is 66.2 Å². The van der Waals surface area contributed by atoms with Crippen LogP contribution in [0.3, 0.4) is 0 Å². The van der Waals surface area contributed by atoms with Crippen molar-refractivity contribution < 1.29 is 14.3 Å². The maximum atomic E-state index is 13.1. The van der Waals surface area contributed by atoms with Gasteiger partial charge in [0, 0.05) is 21.8 Å². The van der Waals surface area contributed by atoms with Gasteiger partial charge >= 0.3 is 0 Å². The van der Waals surface area contributed by atoms with Crippen molar-refractivity contribution >= 4 is 35.0 Å². The second-order valence-corrected chi connectivity index (χ2v) is 8.65. The third-order valence-corrected chi connectivity index (χ3v) is 6.37. The minimum Gasteiger partial charge on any atom is -0.497 e. The molecule has 4 aromatic carbocycles. The van der Waals surface area contributed by atoms with Crippen molar-refractivity contribution in [2.45, 2.75) is 10.1 Å². The Labute approximate surface area is 203 Å². The van der Waals surface area contributed by atoms with Crippen molar-refractivity contribution in [3.63, 3.8) is 0 Å². The summed E-state index contributed by atoms with van der Waals surface area (Å²) in [5.74, 6) is 0.397. The van der Waals surface area contributed by atoms with Crippen LogP contribution in [0.2, 0.25) is 0 Å². The van der Waals surface area contributed by atoms with E-state index in [1.54, 1.807) is 31.4 Å². The van der Waals surface area contributed by atoms with Gasteiger partial charge in [-0.25, -0.2) is 0 Å². The van der Waals surface area contributed by atoms with Gasteiger partial charge in [0.15, 0.2) is 0 Å². The number of hydrogen-bond acceptors (Lipinski definition) is 4. The lowest BCUT2D eigenvalue weighted by Crippen LogP contribution is -2.19. The summed E-state index contributed by atoms with van der Waals surface area (Å²) >= 11 is 1.46. The predicted molar refractivity (Wildman–Crippen MR) is 138 cm³/mol. The van der Waals surface area contributed by atoms with Crippen LogP contribution in [0, 0.1) is 0 Å². The molecule has 6 heteroatoms. The summed E-state index contributed by atoms with van der Waals surface area (Å²) in [6, 6.07) is 33.5. The van der Waals surface area contributed by atoms with Gasteiger partial charge < -0.3 is 15.4 Å². The highest BCUT2D eigenvalue weighted by Crippen LogP contribution is 2.36. The van der Waals surface area contributed by atoms with Gasteiger partial charge in [0.1, 0.15) is 11.0 Å². The van der Waals surface area contributed by atoms with E-state index in [9.17, 15) is 9.59 Å². The predicted octanol–water partition coefficient (Wildman–Crippen LogP) is 6.42. The average Bonchev–Trinajstić information content (AvgIpc) is 2.89. The van der Waals surface area contributed by atoms with E-state index in [1.165, 1.54) is 11.8 Å². The first kappa shape index (κ1) is 23.1. The van der Waals surface area contributed by atoms with Crippen LogP contribution in [0.15, 0.2) is 114 Å². The van der Waals surface area contributed by atoms with Gasteiger partial charge in [-0.1, -0.05) is 48.5 Å². The number of methoxy groups -OCH3 is 1. The standard InChI is InChI=1S/C28H24N2O3S/c1-33-24-16-12-21(13-17-24)27(31)29-23-14-18-25(19-15-23)34-26(20-8-4-2-5-9-20)28(32)30-22-10-6-3-7-11-22/h2-19,26H,1H3,(H,29,31)(H,30,32). The Morgan fingerprint density at radius 2 is 1.29 bits per heavy atom. The molecule has 5 nitrogen and oxygen atoms in total. The van der Waals surface area contributed by atoms with Gasteiger partial charge in [-0.2, -0.15) is 0 Å². The quantitative estimate of drug-likeness (QED) is 0.293. The van der Waals surface area contributed by atoms with Gasteiger partial charge in [-0.15, -0.1) is 11.8 Å². The molecule has 4 aromatic rings. The Morgan fingerprint density at radius 3 is 1.91 bits per heavy atom. The maximum absolute atomic E-state index is 13.1. The first-order chi connectivity index (χ1) is 16.6. The molecule has 2 N–H and O–H groups in total. The molecule has 0 aliphatic heterocycles. The van der Waals surface area contributed by atoms with E-state index >= 15 is 0 Å². The summed E-state index contributed by atoms with van der Waals surface area (Å²) in [4.78, 5) is 26.6. The number of nitrogens with one attached hydrogen (secondary N) is 2. The van der Waals surface area contributed by atoms with Crippen molar-refractivity contribution in [1.29, 1.82) is 0 Å². The monoisotopic (exact) mass is 468 g/mol. The lowest BCUT2D eigenvalue weighted by Gasteiger charge is -2.17. The molecule has 0 aliphatic carbocycles. The van der Waals surface area contributed by atoms with Crippen LogP contribution < -0.4 is 15.4 Å². The van der Waals surface area contributed by atoms with Gasteiger partial charge in [-0.3, -0.25) is 9.59 Å². The minimum absolute atomic E-state index is 0.0979. The molecule has 34 heavy (non-hydrogen) atoms. The van der Waals surface area contributed by atoms with Crippen LogP contribution in [-0.4, -0.2) is 18.9 Å². The number of thioether (sulfide) groups is 1. The smallest absolute Gasteiger partial charge is 0.255 e. The largest absolute Gasteiger partial charge is 0.497 e. The minimum atomic E-state index is -0.429. The summed E-state index contributed by atoms with van der Waals surface area (Å²) in [6.45, 7) is 0. The zero-order chi connectivity index (χ0) is 23.8. The number of hydrogen-bond donors (Lipinski definition) is 2. The molecule has 0 radical (unpaired) electrons. The highest BCUT2D eigenvalue weighted by molar-refractivity contribution is 8.00. The average molecular weight is 469 g/mol. The van der Waals surface area contributed by atoms with E-state index < -0.39 is 5.25 Å². The van der Waals surface area contributed by atoms with Crippen molar-refractivity contribution in [2.24, 2.45) is 0 Å². The Kier molecular flexibility index (Phi) is 7.63. The van der Waals surface area contributed by atoms with Crippen LogP contribution in [0.5, 0.6) is 5.75 Å². The Bertz CT molecular complexity index is 1230. The van der Waals surface area contributed by atoms with Crippen LogP contribution in [0.1, 0.15) is 21.2 Å². The maximum Gasteiger partial charge on any atom is 0.255 e. The van der Waals surface area contributed by atoms with Gasteiger partial charge in [0.05, 0.1) is 7.11 Å². The highest BCUT2D eigenvalue weighted by Gasteiger charge is 2.22. The molecule has 0 aliphatic rings. The molecular formula is C28H24N2O3S. The van der Waals surface area contributed by atoms with Gasteiger partial charge in [0.2, 0.25) is 5.91 Å². The number of carbonyl (C=O) groups excluding carboxylic acids is 2. The Balaban J connectivity index is 1.46. The lowest BCUT2D eigenvalue weighted by molar-refractivity contribution is -0.115. The second-order valence-electron chi connectivity index (χ2n) is 7.47. The molecule has 2 amide bonds. The molecule has 1 unspecified atom stereocenters. The number of anilines is 2. The Morgan fingerprint density at radius 1 is 0.706 bits per heavy atom. The van der Waals surface area contributed by atoms with Crippen molar-refractivity contribution in [2.75, 3.05) is 17.7 Å². The number of carbonyl (C=O) groups is 2. The van der Waals surface area contributed by atoms with E-state index in [4.69, 9.17) is 4.74 Å². The van der Waals surface area contributed by atoms with E-state index in [2.05, 4.69) is 10.6 Å². The third-order valence-electron chi connectivity index (χ3n) is 5.10. The summed E-state index contributed by atoms with van der Waals surface area (Å²) in [5.41, 5.74) is 2.89. The van der Waals surface area contributed by atoms with Crippen LogP contribution >= 0.6 is 11.8 Å². The van der Waals surface area contributed by atoms with Gasteiger partial charge in [0.25, 0.3) is 5.91 Å². The summed E-state index contributed by atoms with van der Waals surface area (Å²) < 4.78 is 5.13. The molecule has 0 heterocycles. The fourth-order valence-corrected chi connectivity index (χ4v) is 4.35. The molecule has 0 aromatic heterocycles. The number of amides is 2. The zero-order valence-electron chi connectivity index (χ0n) is 18.6. The topological polar surface area (TPSA) is 67.4 Å². The van der Waals surface area contributed by atoms with E-state index in [0.717, 1.165) is 16.1 Å². The summed E-state index contributed by atoms with van der Waals surface area (Å²) in [5, 5.41) is 5.46. The van der Waals surface area contributed by atoms with E-state index in [-0.39, 0.29) is 11.8 Å². The normalized spacial score (nSPS) is 11.3. The van der Waals surface area contributed by atoms with Crippen molar-refractivity contribution in [3.8, 4) is 5.75 Å². The number of para-hydroxylation sites is 1. The molecule has 0 bridgehead atoms. The Hall–Kier alpha value is -4.03. The number of rotatable bonds is 8. The van der Waals surface area contributed by atoms with Crippen LogP contribution in [0.25, 0.3) is 0 Å². The fourth-order valence-electron chi connectivity index (χ4n) is 3.33. The molecule has 4 rings (SSSR count). The SMILES string of the molecule is COc1ccc(C(=O)Nc2ccc(SC(C(=O)Nc3ccccc3)c3ccccc3)cc2)cc1. The van der Waals surface area contributed by atoms with Crippen LogP contribution in [0.4, 0.5) is 11.4 Å².